The van der Waals surface area contributed by atoms with Crippen molar-refractivity contribution >= 4 is 5.65 Å². The van der Waals surface area contributed by atoms with E-state index in [1.165, 1.54) is 49.3 Å². The SMILES string of the molecule is Cc1cccc2nc(CN3CCC(Cc4ccccc4)CC3)cn12. The molecule has 0 spiro atoms. The lowest BCUT2D eigenvalue weighted by Crippen LogP contribution is -2.33. The molecule has 4 rings (SSSR count). The van der Waals surface area contributed by atoms with E-state index in [9.17, 15) is 0 Å². The van der Waals surface area contributed by atoms with Crippen molar-refractivity contribution in [3.63, 3.8) is 0 Å². The summed E-state index contributed by atoms with van der Waals surface area (Å²) in [6, 6.07) is 17.2. The first kappa shape index (κ1) is 15.4. The second-order valence-electron chi connectivity index (χ2n) is 7.04. The first-order valence-corrected chi connectivity index (χ1v) is 8.98. The number of pyridine rings is 1. The fourth-order valence-electron chi connectivity index (χ4n) is 3.80. The number of hydrogen-bond acceptors (Lipinski definition) is 2. The number of piperidine rings is 1. The van der Waals surface area contributed by atoms with Crippen LogP contribution in [0, 0.1) is 12.8 Å². The van der Waals surface area contributed by atoms with E-state index in [1.807, 2.05) is 0 Å². The van der Waals surface area contributed by atoms with Crippen molar-refractivity contribution in [3.05, 3.63) is 71.7 Å². The maximum atomic E-state index is 4.78. The van der Waals surface area contributed by atoms with Crippen LogP contribution >= 0.6 is 0 Å². The standard InChI is InChI=1S/C21H25N3/c1-17-6-5-9-21-22-20(16-24(17)21)15-23-12-10-19(11-13-23)14-18-7-3-2-4-8-18/h2-9,16,19H,10-15H2,1H3. The Balaban J connectivity index is 1.35. The molecule has 0 radical (unpaired) electrons. The average Bonchev–Trinajstić information content (AvgIpc) is 3.02. The molecule has 1 fully saturated rings. The zero-order chi connectivity index (χ0) is 16.4. The fourth-order valence-corrected chi connectivity index (χ4v) is 3.80. The van der Waals surface area contributed by atoms with Crippen LogP contribution in [0.1, 0.15) is 29.8 Å². The third kappa shape index (κ3) is 3.36. The molecule has 3 heteroatoms. The molecular weight excluding hydrogens is 294 g/mol. The highest BCUT2D eigenvalue weighted by molar-refractivity contribution is 5.41. The molecule has 0 unspecified atom stereocenters. The topological polar surface area (TPSA) is 20.5 Å². The lowest BCUT2D eigenvalue weighted by Gasteiger charge is -2.31. The predicted octanol–water partition coefficient (Wildman–Crippen LogP) is 4.10. The monoisotopic (exact) mass is 319 g/mol. The van der Waals surface area contributed by atoms with Gasteiger partial charge in [0.15, 0.2) is 0 Å². The summed E-state index contributed by atoms with van der Waals surface area (Å²) in [4.78, 5) is 7.33. The van der Waals surface area contributed by atoms with Gasteiger partial charge in [-0.3, -0.25) is 4.90 Å². The van der Waals surface area contributed by atoms with Crippen LogP contribution in [0.5, 0.6) is 0 Å². The quantitative estimate of drug-likeness (QED) is 0.722. The molecule has 3 heterocycles. The Bertz CT molecular complexity index is 798. The minimum Gasteiger partial charge on any atom is -0.304 e. The smallest absolute Gasteiger partial charge is 0.137 e. The van der Waals surface area contributed by atoms with Gasteiger partial charge in [-0.1, -0.05) is 36.4 Å². The molecule has 124 valence electrons. The van der Waals surface area contributed by atoms with Gasteiger partial charge < -0.3 is 4.40 Å². The van der Waals surface area contributed by atoms with Gasteiger partial charge >= 0.3 is 0 Å². The molecule has 2 aromatic heterocycles. The third-order valence-electron chi connectivity index (χ3n) is 5.21. The number of hydrogen-bond donors (Lipinski definition) is 0. The first-order valence-electron chi connectivity index (χ1n) is 8.98. The summed E-state index contributed by atoms with van der Waals surface area (Å²) in [5, 5.41) is 0. The molecule has 0 bridgehead atoms. The van der Waals surface area contributed by atoms with E-state index in [4.69, 9.17) is 4.98 Å². The maximum absolute atomic E-state index is 4.78. The van der Waals surface area contributed by atoms with Gasteiger partial charge in [-0.05, 0) is 62.9 Å². The summed E-state index contributed by atoms with van der Waals surface area (Å²) in [6.45, 7) is 5.47. The molecule has 0 amide bonds. The number of nitrogens with zero attached hydrogens (tertiary/aromatic N) is 3. The Kier molecular flexibility index (Phi) is 4.35. The molecule has 1 saturated heterocycles. The summed E-state index contributed by atoms with van der Waals surface area (Å²) < 4.78 is 2.19. The van der Waals surface area contributed by atoms with Crippen LogP contribution in [-0.2, 0) is 13.0 Å². The lowest BCUT2D eigenvalue weighted by molar-refractivity contribution is 0.175. The summed E-state index contributed by atoms with van der Waals surface area (Å²) >= 11 is 0. The summed E-state index contributed by atoms with van der Waals surface area (Å²) in [7, 11) is 0. The fraction of sp³-hybridized carbons (Fsp3) is 0.381. The number of aryl methyl sites for hydroxylation is 1. The van der Waals surface area contributed by atoms with E-state index in [-0.39, 0.29) is 0 Å². The van der Waals surface area contributed by atoms with Crippen LogP contribution in [0.3, 0.4) is 0 Å². The van der Waals surface area contributed by atoms with Crippen molar-refractivity contribution < 1.29 is 0 Å². The van der Waals surface area contributed by atoms with Crippen LogP contribution in [0.4, 0.5) is 0 Å². The second-order valence-corrected chi connectivity index (χ2v) is 7.04. The van der Waals surface area contributed by atoms with Gasteiger partial charge in [0.05, 0.1) is 5.69 Å². The second kappa shape index (κ2) is 6.78. The minimum atomic E-state index is 0.826. The van der Waals surface area contributed by atoms with Crippen LogP contribution in [0.2, 0.25) is 0 Å². The Morgan fingerprint density at radius 1 is 1.00 bits per heavy atom. The molecule has 1 aromatic carbocycles. The molecule has 1 aliphatic rings. The zero-order valence-electron chi connectivity index (χ0n) is 14.4. The Morgan fingerprint density at radius 3 is 2.54 bits per heavy atom. The first-order chi connectivity index (χ1) is 11.8. The van der Waals surface area contributed by atoms with Gasteiger partial charge in [0.1, 0.15) is 5.65 Å². The van der Waals surface area contributed by atoms with Crippen molar-refractivity contribution in [2.75, 3.05) is 13.1 Å². The number of benzene rings is 1. The molecular formula is C21H25N3. The van der Waals surface area contributed by atoms with Crippen molar-refractivity contribution in [3.8, 4) is 0 Å². The number of imidazole rings is 1. The lowest BCUT2D eigenvalue weighted by atomic mass is 9.90. The summed E-state index contributed by atoms with van der Waals surface area (Å²) in [5.74, 6) is 0.826. The summed E-state index contributed by atoms with van der Waals surface area (Å²) in [5.41, 5.74) is 4.97. The largest absolute Gasteiger partial charge is 0.304 e. The van der Waals surface area contributed by atoms with E-state index < -0.39 is 0 Å². The third-order valence-corrected chi connectivity index (χ3v) is 5.21. The Hall–Kier alpha value is -2.13. The summed E-state index contributed by atoms with van der Waals surface area (Å²) in [6.07, 6.45) is 6.01. The number of fused-ring (bicyclic) bond motifs is 1. The van der Waals surface area contributed by atoms with E-state index >= 15 is 0 Å². The van der Waals surface area contributed by atoms with Gasteiger partial charge in [0, 0.05) is 18.4 Å². The van der Waals surface area contributed by atoms with Crippen LogP contribution < -0.4 is 0 Å². The van der Waals surface area contributed by atoms with E-state index in [1.54, 1.807) is 0 Å². The zero-order valence-corrected chi connectivity index (χ0v) is 14.4. The number of aromatic nitrogens is 2. The van der Waals surface area contributed by atoms with Crippen molar-refractivity contribution in [2.45, 2.75) is 32.7 Å². The minimum absolute atomic E-state index is 0.826. The predicted molar refractivity (Wildman–Crippen MR) is 98.1 cm³/mol. The van der Waals surface area contributed by atoms with E-state index in [0.717, 1.165) is 18.1 Å². The van der Waals surface area contributed by atoms with Crippen LogP contribution in [0.25, 0.3) is 5.65 Å². The average molecular weight is 319 g/mol. The van der Waals surface area contributed by atoms with E-state index in [2.05, 4.69) is 71.0 Å². The molecule has 24 heavy (non-hydrogen) atoms. The van der Waals surface area contributed by atoms with Crippen LogP contribution in [-0.4, -0.2) is 27.4 Å². The van der Waals surface area contributed by atoms with E-state index in [0.29, 0.717) is 0 Å². The molecule has 0 N–H and O–H groups in total. The van der Waals surface area contributed by atoms with Gasteiger partial charge in [0.25, 0.3) is 0 Å². The normalized spacial score (nSPS) is 16.7. The van der Waals surface area contributed by atoms with Crippen molar-refractivity contribution in [1.82, 2.24) is 14.3 Å². The Morgan fingerprint density at radius 2 is 1.79 bits per heavy atom. The van der Waals surface area contributed by atoms with Gasteiger partial charge in [-0.2, -0.15) is 0 Å². The molecule has 0 saturated carbocycles. The molecule has 0 aliphatic carbocycles. The highest BCUT2D eigenvalue weighted by Gasteiger charge is 2.20. The number of likely N-dealkylation sites (tertiary alicyclic amines) is 1. The van der Waals surface area contributed by atoms with Gasteiger partial charge in [-0.25, -0.2) is 4.98 Å². The molecule has 3 nitrogen and oxygen atoms in total. The highest BCUT2D eigenvalue weighted by atomic mass is 15.1. The van der Waals surface area contributed by atoms with Crippen molar-refractivity contribution in [1.29, 1.82) is 0 Å². The molecule has 3 aromatic rings. The number of rotatable bonds is 4. The highest BCUT2D eigenvalue weighted by Crippen LogP contribution is 2.23. The van der Waals surface area contributed by atoms with Crippen LogP contribution in [0.15, 0.2) is 54.7 Å². The molecule has 0 atom stereocenters. The van der Waals surface area contributed by atoms with Crippen molar-refractivity contribution in [2.24, 2.45) is 5.92 Å². The van der Waals surface area contributed by atoms with Gasteiger partial charge in [-0.15, -0.1) is 0 Å². The van der Waals surface area contributed by atoms with Gasteiger partial charge in [0.2, 0.25) is 0 Å². The Labute approximate surface area is 143 Å². The maximum Gasteiger partial charge on any atom is 0.137 e. The molecule has 1 aliphatic heterocycles.